The lowest BCUT2D eigenvalue weighted by atomic mass is 10.1. The van der Waals surface area contributed by atoms with E-state index >= 15 is 4.39 Å². The second-order valence-corrected chi connectivity index (χ2v) is 10.1. The molecular weight excluding hydrogens is 528 g/mol. The number of aromatic nitrogens is 4. The van der Waals surface area contributed by atoms with Gasteiger partial charge in [-0.15, -0.1) is 0 Å². The zero-order chi connectivity index (χ0) is 28.4. The number of nitrogen functional groups attached to an aromatic ring is 2. The van der Waals surface area contributed by atoms with Gasteiger partial charge in [-0.3, -0.25) is 9.11 Å². The average Bonchev–Trinajstić information content (AvgIpc) is 2.92. The molecule has 0 aliphatic carbocycles. The van der Waals surface area contributed by atoms with Gasteiger partial charge in [-0.25, -0.2) is 32.7 Å². The van der Waals surface area contributed by atoms with E-state index in [-0.39, 0.29) is 34.7 Å². The predicted molar refractivity (Wildman–Crippen MR) is 150 cm³/mol. The van der Waals surface area contributed by atoms with Gasteiger partial charge < -0.3 is 16.2 Å². The first kappa shape index (κ1) is 29.6. The van der Waals surface area contributed by atoms with Crippen LogP contribution in [0.1, 0.15) is 26.7 Å². The Balaban J connectivity index is 0.000000631. The molecule has 0 spiro atoms. The first-order chi connectivity index (χ1) is 18.7. The molecule has 0 radical (unpaired) electrons. The number of benzene rings is 1. The number of halogens is 2. The number of anilines is 3. The standard InChI is InChI=1S/C21H19F2N7O2S.C5H12O/c22-9-2-10-33(31,32)30-15-4-1-3-13(18(15)23)14-6-7-16-19(27-14)20(25)29-21(28-16)12-5-8-17(24)26-11-12;1-3-5-6-4-2/h1,3-8,11,30H,2,9-10H2,(H2,24,26)(H2,25,28,29);3-5H2,1-2H3. The van der Waals surface area contributed by atoms with Crippen LogP contribution in [-0.4, -0.2) is 54.0 Å². The highest BCUT2D eigenvalue weighted by atomic mass is 32.2. The van der Waals surface area contributed by atoms with Crippen LogP contribution in [0.15, 0.2) is 48.7 Å². The maximum Gasteiger partial charge on any atom is 0.232 e. The van der Waals surface area contributed by atoms with Crippen LogP contribution in [0.25, 0.3) is 33.7 Å². The molecule has 0 unspecified atom stereocenters. The van der Waals surface area contributed by atoms with Crippen molar-refractivity contribution < 1.29 is 21.9 Å². The van der Waals surface area contributed by atoms with Crippen LogP contribution in [0.4, 0.5) is 26.1 Å². The van der Waals surface area contributed by atoms with E-state index in [4.69, 9.17) is 16.2 Å². The normalized spacial score (nSPS) is 11.2. The monoisotopic (exact) mass is 559 g/mol. The molecule has 0 amide bonds. The molecule has 0 saturated carbocycles. The van der Waals surface area contributed by atoms with Crippen LogP contribution in [0.3, 0.4) is 0 Å². The number of alkyl halides is 1. The Hall–Kier alpha value is -3.97. The lowest BCUT2D eigenvalue weighted by molar-refractivity contribution is 0.148. The van der Waals surface area contributed by atoms with Crippen molar-refractivity contribution >= 4 is 38.4 Å². The van der Waals surface area contributed by atoms with E-state index in [1.165, 1.54) is 24.4 Å². The fraction of sp³-hybridized carbons (Fsp3) is 0.308. The van der Waals surface area contributed by atoms with Crippen molar-refractivity contribution in [2.24, 2.45) is 0 Å². The summed E-state index contributed by atoms with van der Waals surface area (Å²) in [5, 5.41) is 0. The number of hydrogen-bond donors (Lipinski definition) is 3. The number of nitrogens with one attached hydrogen (secondary N) is 1. The Morgan fingerprint density at radius 2 is 1.82 bits per heavy atom. The third-order valence-electron chi connectivity index (χ3n) is 5.25. The third kappa shape index (κ3) is 8.01. The highest BCUT2D eigenvalue weighted by molar-refractivity contribution is 7.92. The summed E-state index contributed by atoms with van der Waals surface area (Å²) in [6.45, 7) is 5.10. The minimum atomic E-state index is -3.90. The summed E-state index contributed by atoms with van der Waals surface area (Å²) in [6.07, 6.45) is 2.47. The first-order valence-corrected chi connectivity index (χ1v) is 13.9. The van der Waals surface area contributed by atoms with Crippen LogP contribution in [-0.2, 0) is 14.8 Å². The number of ether oxygens (including phenoxy) is 1. The number of sulfonamides is 1. The summed E-state index contributed by atoms with van der Waals surface area (Å²) in [4.78, 5) is 17.1. The van der Waals surface area contributed by atoms with Crippen molar-refractivity contribution in [2.75, 3.05) is 41.8 Å². The maximum absolute atomic E-state index is 15.1. The smallest absolute Gasteiger partial charge is 0.232 e. The van der Waals surface area contributed by atoms with E-state index in [9.17, 15) is 12.8 Å². The maximum atomic E-state index is 15.1. The second-order valence-electron chi connectivity index (χ2n) is 8.30. The summed E-state index contributed by atoms with van der Waals surface area (Å²) in [7, 11) is -3.90. The molecule has 3 aromatic heterocycles. The van der Waals surface area contributed by atoms with Gasteiger partial charge in [0.1, 0.15) is 11.3 Å². The van der Waals surface area contributed by atoms with Gasteiger partial charge in [-0.1, -0.05) is 13.0 Å². The van der Waals surface area contributed by atoms with Gasteiger partial charge in [-0.05, 0) is 56.2 Å². The highest BCUT2D eigenvalue weighted by Crippen LogP contribution is 2.30. The van der Waals surface area contributed by atoms with Crippen molar-refractivity contribution in [1.29, 1.82) is 0 Å². The van der Waals surface area contributed by atoms with Gasteiger partial charge in [-0.2, -0.15) is 0 Å². The SMILES string of the molecule is CCCOCC.Nc1ccc(-c2nc(N)c3nc(-c4cccc(NS(=O)(=O)CCCF)c4F)ccc3n2)cn1. The third-order valence-corrected chi connectivity index (χ3v) is 6.61. The summed E-state index contributed by atoms with van der Waals surface area (Å²) in [6, 6.07) is 10.7. The molecule has 13 heteroatoms. The van der Waals surface area contributed by atoms with Gasteiger partial charge in [0.15, 0.2) is 17.5 Å². The van der Waals surface area contributed by atoms with Crippen LogP contribution in [0.5, 0.6) is 0 Å². The molecule has 0 atom stereocenters. The van der Waals surface area contributed by atoms with E-state index in [0.29, 0.717) is 22.7 Å². The summed E-state index contributed by atoms with van der Waals surface area (Å²) in [5.74, 6) is -0.513. The number of nitrogens with two attached hydrogens (primary N) is 2. The topological polar surface area (TPSA) is 159 Å². The molecule has 10 nitrogen and oxygen atoms in total. The van der Waals surface area contributed by atoms with E-state index in [2.05, 4.69) is 31.6 Å². The quantitative estimate of drug-likeness (QED) is 0.236. The van der Waals surface area contributed by atoms with Crippen molar-refractivity contribution in [2.45, 2.75) is 26.7 Å². The Morgan fingerprint density at radius 3 is 2.46 bits per heavy atom. The van der Waals surface area contributed by atoms with Crippen LogP contribution in [0.2, 0.25) is 0 Å². The van der Waals surface area contributed by atoms with E-state index in [1.54, 1.807) is 24.3 Å². The molecule has 0 aliphatic heterocycles. The van der Waals surface area contributed by atoms with Crippen molar-refractivity contribution in [3.8, 4) is 22.6 Å². The number of pyridine rings is 2. The van der Waals surface area contributed by atoms with Gasteiger partial charge >= 0.3 is 0 Å². The number of rotatable bonds is 10. The molecule has 39 heavy (non-hydrogen) atoms. The molecule has 0 bridgehead atoms. The minimum absolute atomic E-state index is 0.0498. The lowest BCUT2D eigenvalue weighted by Gasteiger charge is -2.12. The Bertz CT molecular complexity index is 1500. The van der Waals surface area contributed by atoms with Crippen LogP contribution in [0, 0.1) is 5.82 Å². The molecular formula is C26H31F2N7O3S. The van der Waals surface area contributed by atoms with E-state index in [1.807, 2.05) is 6.92 Å². The minimum Gasteiger partial charge on any atom is -0.384 e. The molecule has 0 aliphatic rings. The van der Waals surface area contributed by atoms with Gasteiger partial charge in [0.25, 0.3) is 0 Å². The van der Waals surface area contributed by atoms with Gasteiger partial charge in [0, 0.05) is 30.5 Å². The van der Waals surface area contributed by atoms with Crippen LogP contribution < -0.4 is 16.2 Å². The summed E-state index contributed by atoms with van der Waals surface area (Å²) in [5.41, 5.74) is 13.0. The van der Waals surface area contributed by atoms with E-state index in [0.717, 1.165) is 19.6 Å². The molecule has 4 aromatic rings. The van der Waals surface area contributed by atoms with Crippen molar-refractivity contribution in [3.05, 3.63) is 54.5 Å². The fourth-order valence-corrected chi connectivity index (χ4v) is 4.50. The molecule has 4 rings (SSSR count). The number of nitrogens with zero attached hydrogens (tertiary/aromatic N) is 4. The Kier molecular flexibility index (Phi) is 10.4. The lowest BCUT2D eigenvalue weighted by Crippen LogP contribution is -2.18. The van der Waals surface area contributed by atoms with Crippen LogP contribution >= 0.6 is 0 Å². The van der Waals surface area contributed by atoms with Crippen molar-refractivity contribution in [3.63, 3.8) is 0 Å². The fourth-order valence-electron chi connectivity index (χ4n) is 3.41. The summed E-state index contributed by atoms with van der Waals surface area (Å²) < 4.78 is 58.6. The zero-order valence-electron chi connectivity index (χ0n) is 21.7. The number of fused-ring (bicyclic) bond motifs is 1. The molecule has 0 saturated heterocycles. The largest absolute Gasteiger partial charge is 0.384 e. The molecule has 208 valence electrons. The predicted octanol–water partition coefficient (Wildman–Crippen LogP) is 4.59. The van der Waals surface area contributed by atoms with E-state index < -0.39 is 28.3 Å². The molecule has 0 fully saturated rings. The summed E-state index contributed by atoms with van der Waals surface area (Å²) >= 11 is 0. The first-order valence-electron chi connectivity index (χ1n) is 12.3. The number of hydrogen-bond acceptors (Lipinski definition) is 9. The highest BCUT2D eigenvalue weighted by Gasteiger charge is 2.18. The average molecular weight is 560 g/mol. The molecule has 5 N–H and O–H groups in total. The molecule has 1 aromatic carbocycles. The second kappa shape index (κ2) is 13.7. The van der Waals surface area contributed by atoms with Gasteiger partial charge in [0.2, 0.25) is 10.0 Å². The Morgan fingerprint density at radius 1 is 1.03 bits per heavy atom. The molecule has 3 heterocycles. The van der Waals surface area contributed by atoms with Gasteiger partial charge in [0.05, 0.1) is 29.3 Å². The Labute approximate surface area is 225 Å². The van der Waals surface area contributed by atoms with Crippen molar-refractivity contribution in [1.82, 2.24) is 19.9 Å². The zero-order valence-corrected chi connectivity index (χ0v) is 22.5.